The van der Waals surface area contributed by atoms with Crippen LogP contribution in [0.3, 0.4) is 0 Å². The third-order valence-corrected chi connectivity index (χ3v) is 2.83. The quantitative estimate of drug-likeness (QED) is 0.832. The largest absolute Gasteiger partial charge is 0.469 e. The normalized spacial score (nSPS) is 11.3. The number of amides is 1. The summed E-state index contributed by atoms with van der Waals surface area (Å²) in [4.78, 5) is 16.2. The van der Waals surface area contributed by atoms with E-state index in [0.717, 1.165) is 5.76 Å². The van der Waals surface area contributed by atoms with Crippen LogP contribution in [0.5, 0.6) is 0 Å². The molecule has 0 aliphatic rings. The number of aliphatic hydroxyl groups excluding tert-OH is 1. The maximum absolute atomic E-state index is 12.3. The number of nitrogens with zero attached hydrogens (tertiary/aromatic N) is 1. The molecule has 2 rings (SSSR count). The van der Waals surface area contributed by atoms with E-state index in [-0.39, 0.29) is 18.6 Å². The zero-order valence-corrected chi connectivity index (χ0v) is 11.7. The van der Waals surface area contributed by atoms with E-state index in [1.54, 1.807) is 12.3 Å². The van der Waals surface area contributed by atoms with E-state index in [4.69, 9.17) is 9.52 Å². The number of rotatable bonds is 4. The lowest BCUT2D eigenvalue weighted by Crippen LogP contribution is -2.34. The smallest absolute Gasteiger partial charge is 0.252 e. The first kappa shape index (κ1) is 14.8. The van der Waals surface area contributed by atoms with Crippen LogP contribution in [0.2, 0.25) is 0 Å². The second-order valence-electron chi connectivity index (χ2n) is 4.54. The summed E-state index contributed by atoms with van der Waals surface area (Å²) in [6.07, 6.45) is 5.27. The number of carbonyl (C=O) groups is 1. The maximum atomic E-state index is 12.3. The van der Waals surface area contributed by atoms with E-state index < -0.39 is 0 Å². The summed E-state index contributed by atoms with van der Waals surface area (Å²) in [5.74, 6) is 5.83. The van der Waals surface area contributed by atoms with Crippen molar-refractivity contribution in [3.05, 3.63) is 53.7 Å². The summed E-state index contributed by atoms with van der Waals surface area (Å²) in [5.41, 5.74) is 0.937. The van der Waals surface area contributed by atoms with E-state index in [9.17, 15) is 4.79 Å². The fraction of sp³-hybridized carbons (Fsp3) is 0.250. The van der Waals surface area contributed by atoms with Gasteiger partial charge in [0, 0.05) is 24.9 Å². The van der Waals surface area contributed by atoms with Crippen molar-refractivity contribution in [2.24, 2.45) is 0 Å². The Labute approximate surface area is 123 Å². The minimum atomic E-state index is -0.259. The molecule has 2 aromatic heterocycles. The van der Waals surface area contributed by atoms with Crippen LogP contribution in [0.1, 0.15) is 28.6 Å². The SMILES string of the molecule is CC(Cc1ccco1)NC(=O)c1ccncc1C#CCO. The first-order valence-electron chi connectivity index (χ1n) is 6.57. The molecule has 2 N–H and O–H groups in total. The van der Waals surface area contributed by atoms with Gasteiger partial charge < -0.3 is 14.8 Å². The van der Waals surface area contributed by atoms with E-state index in [1.807, 2.05) is 19.1 Å². The van der Waals surface area contributed by atoms with E-state index in [1.165, 1.54) is 12.4 Å². The molecule has 0 aliphatic carbocycles. The Morgan fingerprint density at radius 2 is 2.38 bits per heavy atom. The van der Waals surface area contributed by atoms with Gasteiger partial charge in [0.1, 0.15) is 12.4 Å². The lowest BCUT2D eigenvalue weighted by Gasteiger charge is -2.13. The number of nitrogens with one attached hydrogen (secondary N) is 1. The minimum absolute atomic E-state index is 0.0736. The van der Waals surface area contributed by atoms with Crippen molar-refractivity contribution < 1.29 is 14.3 Å². The van der Waals surface area contributed by atoms with Crippen LogP contribution in [0, 0.1) is 11.8 Å². The van der Waals surface area contributed by atoms with Crippen LogP contribution in [0.15, 0.2) is 41.3 Å². The highest BCUT2D eigenvalue weighted by Crippen LogP contribution is 2.08. The van der Waals surface area contributed by atoms with Gasteiger partial charge in [0.2, 0.25) is 0 Å². The second-order valence-corrected chi connectivity index (χ2v) is 4.54. The predicted molar refractivity (Wildman–Crippen MR) is 77.5 cm³/mol. The Morgan fingerprint density at radius 1 is 1.52 bits per heavy atom. The number of carbonyl (C=O) groups excluding carboxylic acids is 1. The highest BCUT2D eigenvalue weighted by molar-refractivity contribution is 5.96. The van der Waals surface area contributed by atoms with E-state index in [0.29, 0.717) is 17.5 Å². The number of pyridine rings is 1. The molecule has 0 radical (unpaired) electrons. The van der Waals surface area contributed by atoms with Gasteiger partial charge in [-0.05, 0) is 25.1 Å². The van der Waals surface area contributed by atoms with Gasteiger partial charge in [-0.1, -0.05) is 11.8 Å². The van der Waals surface area contributed by atoms with Gasteiger partial charge in [-0.15, -0.1) is 0 Å². The first-order valence-corrected chi connectivity index (χ1v) is 6.57. The molecule has 2 heterocycles. The van der Waals surface area contributed by atoms with Gasteiger partial charge in [0.15, 0.2) is 0 Å². The van der Waals surface area contributed by atoms with Crippen molar-refractivity contribution in [3.63, 3.8) is 0 Å². The standard InChI is InChI=1S/C16H16N2O3/c1-12(10-14-5-3-9-21-14)18-16(20)15-6-7-17-11-13(15)4-2-8-19/h3,5-7,9,11-12,19H,8,10H2,1H3,(H,18,20). The molecule has 0 spiro atoms. The predicted octanol–water partition coefficient (Wildman–Crippen LogP) is 1.38. The van der Waals surface area contributed by atoms with Crippen LogP contribution < -0.4 is 5.32 Å². The monoisotopic (exact) mass is 284 g/mol. The summed E-state index contributed by atoms with van der Waals surface area (Å²) >= 11 is 0. The molecule has 0 bridgehead atoms. The lowest BCUT2D eigenvalue weighted by atomic mass is 10.1. The van der Waals surface area contributed by atoms with Gasteiger partial charge in [-0.25, -0.2) is 0 Å². The Hall–Kier alpha value is -2.58. The average molecular weight is 284 g/mol. The van der Waals surface area contributed by atoms with Crippen molar-refractivity contribution in [1.29, 1.82) is 0 Å². The maximum Gasteiger partial charge on any atom is 0.252 e. The number of aromatic nitrogens is 1. The van der Waals surface area contributed by atoms with Crippen LogP contribution in [0.4, 0.5) is 0 Å². The van der Waals surface area contributed by atoms with Crippen LogP contribution in [-0.2, 0) is 6.42 Å². The van der Waals surface area contributed by atoms with Crippen molar-refractivity contribution in [3.8, 4) is 11.8 Å². The topological polar surface area (TPSA) is 75.4 Å². The van der Waals surface area contributed by atoms with Crippen molar-refractivity contribution >= 4 is 5.91 Å². The lowest BCUT2D eigenvalue weighted by molar-refractivity contribution is 0.0939. The third-order valence-electron chi connectivity index (χ3n) is 2.83. The number of furan rings is 1. The Bertz CT molecular complexity index is 654. The molecule has 0 saturated heterocycles. The number of hydrogen-bond acceptors (Lipinski definition) is 4. The fourth-order valence-corrected chi connectivity index (χ4v) is 1.91. The fourth-order valence-electron chi connectivity index (χ4n) is 1.91. The molecule has 108 valence electrons. The molecule has 21 heavy (non-hydrogen) atoms. The van der Waals surface area contributed by atoms with Gasteiger partial charge in [0.25, 0.3) is 5.91 Å². The highest BCUT2D eigenvalue weighted by Gasteiger charge is 2.14. The molecular weight excluding hydrogens is 268 g/mol. The average Bonchev–Trinajstić information content (AvgIpc) is 2.98. The number of aliphatic hydroxyl groups is 1. The molecule has 5 nitrogen and oxygen atoms in total. The highest BCUT2D eigenvalue weighted by atomic mass is 16.3. The van der Waals surface area contributed by atoms with Gasteiger partial charge in [-0.2, -0.15) is 0 Å². The van der Waals surface area contributed by atoms with Gasteiger partial charge in [0.05, 0.1) is 17.4 Å². The number of hydrogen-bond donors (Lipinski definition) is 2. The zero-order valence-electron chi connectivity index (χ0n) is 11.7. The van der Waals surface area contributed by atoms with Crippen molar-refractivity contribution in [1.82, 2.24) is 10.3 Å². The summed E-state index contributed by atoms with van der Waals surface area (Å²) in [6, 6.07) is 5.22. The molecule has 0 aliphatic heterocycles. The molecule has 1 atom stereocenters. The van der Waals surface area contributed by atoms with Crippen LogP contribution in [0.25, 0.3) is 0 Å². The second kappa shape index (κ2) is 7.27. The van der Waals surface area contributed by atoms with Crippen molar-refractivity contribution in [2.45, 2.75) is 19.4 Å². The molecule has 0 aromatic carbocycles. The molecule has 1 amide bonds. The zero-order chi connectivity index (χ0) is 15.1. The first-order chi connectivity index (χ1) is 10.2. The van der Waals surface area contributed by atoms with E-state index in [2.05, 4.69) is 22.1 Å². The molecule has 1 unspecified atom stereocenters. The van der Waals surface area contributed by atoms with Crippen LogP contribution >= 0.6 is 0 Å². The Kier molecular flexibility index (Phi) is 5.13. The Balaban J connectivity index is 2.06. The van der Waals surface area contributed by atoms with E-state index >= 15 is 0 Å². The summed E-state index contributed by atoms with van der Waals surface area (Å²) in [6.45, 7) is 1.64. The molecule has 0 fully saturated rings. The summed E-state index contributed by atoms with van der Waals surface area (Å²) < 4.78 is 5.26. The molecule has 5 heteroatoms. The van der Waals surface area contributed by atoms with Crippen LogP contribution in [-0.4, -0.2) is 28.6 Å². The van der Waals surface area contributed by atoms with Gasteiger partial charge in [-0.3, -0.25) is 9.78 Å². The molecule has 0 saturated carbocycles. The minimum Gasteiger partial charge on any atom is -0.469 e. The third kappa shape index (κ3) is 4.20. The molecular formula is C16H16N2O3. The molecule has 2 aromatic rings. The summed E-state index contributed by atoms with van der Waals surface area (Å²) in [5, 5.41) is 11.6. The summed E-state index contributed by atoms with van der Waals surface area (Å²) in [7, 11) is 0. The van der Waals surface area contributed by atoms with Gasteiger partial charge >= 0.3 is 0 Å². The van der Waals surface area contributed by atoms with Crippen molar-refractivity contribution in [2.75, 3.05) is 6.61 Å². The Morgan fingerprint density at radius 3 is 3.10 bits per heavy atom.